The van der Waals surface area contributed by atoms with Gasteiger partial charge < -0.3 is 9.47 Å². The number of allylic oxidation sites excluding steroid dienone is 3. The highest BCUT2D eigenvalue weighted by molar-refractivity contribution is 5.25. The lowest BCUT2D eigenvalue weighted by Crippen LogP contribution is -2.04. The summed E-state index contributed by atoms with van der Waals surface area (Å²) in [5.41, 5.74) is 1.11. The highest BCUT2D eigenvalue weighted by Gasteiger charge is 2.10. The van der Waals surface area contributed by atoms with Gasteiger partial charge in [-0.15, -0.1) is 0 Å². The van der Waals surface area contributed by atoms with E-state index in [1.807, 2.05) is 6.92 Å². The van der Waals surface area contributed by atoms with Crippen LogP contribution in [0.15, 0.2) is 23.2 Å². The molecule has 2 nitrogen and oxygen atoms in total. The van der Waals surface area contributed by atoms with Crippen LogP contribution >= 0.6 is 0 Å². The molecule has 0 fully saturated rings. The van der Waals surface area contributed by atoms with E-state index in [-0.39, 0.29) is 5.83 Å². The van der Waals surface area contributed by atoms with E-state index in [1.165, 1.54) is 6.08 Å². The summed E-state index contributed by atoms with van der Waals surface area (Å²) in [6.45, 7) is 2.98. The fraction of sp³-hybridized carbons (Fsp3) is 0.600. The maximum Gasteiger partial charge on any atom is 0.120 e. The zero-order valence-corrected chi connectivity index (χ0v) is 8.10. The van der Waals surface area contributed by atoms with Gasteiger partial charge in [0.15, 0.2) is 0 Å². The molecule has 0 amide bonds. The molecule has 1 aliphatic carbocycles. The van der Waals surface area contributed by atoms with E-state index >= 15 is 0 Å². The van der Waals surface area contributed by atoms with E-state index in [1.54, 1.807) is 7.11 Å². The predicted octanol–water partition coefficient (Wildman–Crippen LogP) is 2.57. The second-order valence-electron chi connectivity index (χ2n) is 3.08. The molecule has 0 saturated carbocycles. The second-order valence-corrected chi connectivity index (χ2v) is 3.08. The van der Waals surface area contributed by atoms with Crippen LogP contribution in [0.2, 0.25) is 0 Å². The quantitative estimate of drug-likeness (QED) is 0.628. The third kappa shape index (κ3) is 3.19. The topological polar surface area (TPSA) is 18.5 Å². The number of methoxy groups -OCH3 is 1. The maximum atomic E-state index is 12.8. The zero-order valence-electron chi connectivity index (χ0n) is 8.10. The summed E-state index contributed by atoms with van der Waals surface area (Å²) in [5, 5.41) is 0. The number of ether oxygens (including phenoxy) is 2. The van der Waals surface area contributed by atoms with Crippen molar-refractivity contribution >= 4 is 0 Å². The molecule has 13 heavy (non-hydrogen) atoms. The summed E-state index contributed by atoms with van der Waals surface area (Å²) < 4.78 is 23.0. The number of hydrogen-bond acceptors (Lipinski definition) is 2. The molecule has 1 rings (SSSR count). The molecule has 0 atom stereocenters. The molecule has 1 aliphatic rings. The van der Waals surface area contributed by atoms with Gasteiger partial charge in [0, 0.05) is 19.6 Å². The average molecular weight is 186 g/mol. The van der Waals surface area contributed by atoms with Gasteiger partial charge in [-0.1, -0.05) is 0 Å². The van der Waals surface area contributed by atoms with Crippen molar-refractivity contribution < 1.29 is 13.9 Å². The molecule has 0 aliphatic heterocycles. The van der Waals surface area contributed by atoms with Crippen molar-refractivity contribution in [2.45, 2.75) is 19.8 Å². The summed E-state index contributed by atoms with van der Waals surface area (Å²) in [7, 11) is 1.61. The minimum absolute atomic E-state index is 0.0991. The molecular weight excluding hydrogens is 171 g/mol. The highest BCUT2D eigenvalue weighted by Crippen LogP contribution is 2.24. The van der Waals surface area contributed by atoms with E-state index in [9.17, 15) is 4.39 Å². The second kappa shape index (κ2) is 5.02. The third-order valence-electron chi connectivity index (χ3n) is 1.99. The zero-order chi connectivity index (χ0) is 9.68. The molecule has 0 unspecified atom stereocenters. The monoisotopic (exact) mass is 186 g/mol. The lowest BCUT2D eigenvalue weighted by molar-refractivity contribution is 0.112. The fourth-order valence-corrected chi connectivity index (χ4v) is 1.17. The average Bonchev–Trinajstić information content (AvgIpc) is 2.11. The molecule has 3 heteroatoms. The van der Waals surface area contributed by atoms with Crippen molar-refractivity contribution in [3.8, 4) is 0 Å². The van der Waals surface area contributed by atoms with E-state index in [0.29, 0.717) is 25.4 Å². The standard InChI is InChI=1S/C10H15FO2/c1-8-3-4-9(11)7-10(8)13-6-5-12-2/h7H,3-6H2,1-2H3. The van der Waals surface area contributed by atoms with E-state index in [2.05, 4.69) is 0 Å². The lowest BCUT2D eigenvalue weighted by atomic mass is 10.0. The Morgan fingerprint density at radius 3 is 2.85 bits per heavy atom. The van der Waals surface area contributed by atoms with Gasteiger partial charge in [0.2, 0.25) is 0 Å². The smallest absolute Gasteiger partial charge is 0.120 e. The van der Waals surface area contributed by atoms with Gasteiger partial charge in [-0.2, -0.15) is 0 Å². The Hall–Kier alpha value is -0.830. The molecule has 0 radical (unpaired) electrons. The first-order valence-electron chi connectivity index (χ1n) is 4.41. The van der Waals surface area contributed by atoms with E-state index < -0.39 is 0 Å². The summed E-state index contributed by atoms with van der Waals surface area (Å²) in [6, 6.07) is 0. The van der Waals surface area contributed by atoms with Crippen LogP contribution in [0.25, 0.3) is 0 Å². The number of hydrogen-bond donors (Lipinski definition) is 0. The van der Waals surface area contributed by atoms with Crippen molar-refractivity contribution in [1.29, 1.82) is 0 Å². The Labute approximate surface area is 78.0 Å². The molecule has 0 aromatic rings. The summed E-state index contributed by atoms with van der Waals surface area (Å²) >= 11 is 0. The molecule has 0 spiro atoms. The van der Waals surface area contributed by atoms with Crippen LogP contribution in [-0.4, -0.2) is 20.3 Å². The van der Waals surface area contributed by atoms with Crippen LogP contribution in [0.4, 0.5) is 4.39 Å². The Morgan fingerprint density at radius 2 is 2.15 bits per heavy atom. The first-order chi connectivity index (χ1) is 6.24. The molecule has 0 N–H and O–H groups in total. The Balaban J connectivity index is 2.46. The van der Waals surface area contributed by atoms with Crippen molar-refractivity contribution in [2.24, 2.45) is 0 Å². The third-order valence-corrected chi connectivity index (χ3v) is 1.99. The molecule has 0 aromatic carbocycles. The van der Waals surface area contributed by atoms with Crippen molar-refractivity contribution in [3.05, 3.63) is 23.2 Å². The Kier molecular flexibility index (Phi) is 3.96. The number of halogens is 1. The maximum absolute atomic E-state index is 12.8. The van der Waals surface area contributed by atoms with E-state index in [4.69, 9.17) is 9.47 Å². The lowest BCUT2D eigenvalue weighted by Gasteiger charge is -2.14. The van der Waals surface area contributed by atoms with Gasteiger partial charge in [-0.25, -0.2) is 4.39 Å². The van der Waals surface area contributed by atoms with Crippen molar-refractivity contribution in [1.82, 2.24) is 0 Å². The van der Waals surface area contributed by atoms with Gasteiger partial charge >= 0.3 is 0 Å². The van der Waals surface area contributed by atoms with Crippen LogP contribution < -0.4 is 0 Å². The fourth-order valence-electron chi connectivity index (χ4n) is 1.17. The first kappa shape index (κ1) is 10.3. The van der Waals surface area contributed by atoms with Gasteiger partial charge in [0.1, 0.15) is 18.2 Å². The SMILES string of the molecule is COCCOC1=C(C)CCC(F)=C1. The van der Waals surface area contributed by atoms with Crippen molar-refractivity contribution in [3.63, 3.8) is 0 Å². The van der Waals surface area contributed by atoms with Crippen LogP contribution in [-0.2, 0) is 9.47 Å². The number of rotatable bonds is 4. The normalized spacial score (nSPS) is 17.3. The van der Waals surface area contributed by atoms with Crippen LogP contribution in [0, 0.1) is 0 Å². The predicted molar refractivity (Wildman–Crippen MR) is 49.0 cm³/mol. The van der Waals surface area contributed by atoms with Crippen LogP contribution in [0.5, 0.6) is 0 Å². The van der Waals surface area contributed by atoms with E-state index in [0.717, 1.165) is 12.0 Å². The minimum atomic E-state index is -0.0991. The largest absolute Gasteiger partial charge is 0.491 e. The van der Waals surface area contributed by atoms with Gasteiger partial charge in [-0.3, -0.25) is 0 Å². The molecule has 74 valence electrons. The molecule has 0 heterocycles. The molecule has 0 bridgehead atoms. The van der Waals surface area contributed by atoms with Gasteiger partial charge in [0.05, 0.1) is 6.61 Å². The Morgan fingerprint density at radius 1 is 1.38 bits per heavy atom. The van der Waals surface area contributed by atoms with Crippen LogP contribution in [0.1, 0.15) is 19.8 Å². The molecule has 0 aromatic heterocycles. The van der Waals surface area contributed by atoms with Gasteiger partial charge in [0.25, 0.3) is 0 Å². The molecular formula is C10H15FO2. The first-order valence-corrected chi connectivity index (χ1v) is 4.41. The summed E-state index contributed by atoms with van der Waals surface area (Å²) in [4.78, 5) is 0. The Bertz CT molecular complexity index is 231. The molecule has 0 saturated heterocycles. The van der Waals surface area contributed by atoms with Gasteiger partial charge in [-0.05, 0) is 18.9 Å². The summed E-state index contributed by atoms with van der Waals surface area (Å²) in [5.74, 6) is 0.568. The summed E-state index contributed by atoms with van der Waals surface area (Å²) in [6.07, 6.45) is 2.72. The van der Waals surface area contributed by atoms with Crippen molar-refractivity contribution in [2.75, 3.05) is 20.3 Å². The minimum Gasteiger partial charge on any atom is -0.491 e. The highest BCUT2D eigenvalue weighted by atomic mass is 19.1. The van der Waals surface area contributed by atoms with Crippen LogP contribution in [0.3, 0.4) is 0 Å².